The number of hydrogen-bond donors (Lipinski definition) is 2. The van der Waals surface area contributed by atoms with Gasteiger partial charge in [0.15, 0.2) is 0 Å². The van der Waals surface area contributed by atoms with Gasteiger partial charge in [-0.05, 0) is 20.0 Å². The number of rotatable bonds is 8. The second-order valence-corrected chi connectivity index (χ2v) is 6.25. The third-order valence-electron chi connectivity index (χ3n) is 1.98. The predicted molar refractivity (Wildman–Crippen MR) is 66.2 cm³/mol. The molecule has 2 N–H and O–H groups in total. The number of nitrogens with zero attached hydrogens (tertiary/aromatic N) is 1. The van der Waals surface area contributed by atoms with E-state index in [0.29, 0.717) is 25.9 Å². The smallest absolute Gasteiger partial charge is 0.211 e. The number of nitrogens with one attached hydrogen (secondary N) is 2. The monoisotopic (exact) mass is 263 g/mol. The first kappa shape index (κ1) is 13.6. The molecule has 0 aliphatic heterocycles. The van der Waals surface area contributed by atoms with Gasteiger partial charge in [0, 0.05) is 24.5 Å². The average Bonchev–Trinajstić information content (AvgIpc) is 2.70. The molecule has 0 amide bonds. The van der Waals surface area contributed by atoms with E-state index in [4.69, 9.17) is 0 Å². The summed E-state index contributed by atoms with van der Waals surface area (Å²) in [6, 6.07) is 0. The lowest BCUT2D eigenvalue weighted by molar-refractivity contribution is 0.577. The van der Waals surface area contributed by atoms with Gasteiger partial charge in [0.05, 0.1) is 10.8 Å². The van der Waals surface area contributed by atoms with Crippen molar-refractivity contribution in [1.29, 1.82) is 0 Å². The molecule has 0 fully saturated rings. The minimum atomic E-state index is -3.12. The first-order chi connectivity index (χ1) is 7.64. The molecule has 1 aromatic rings. The first-order valence-electron chi connectivity index (χ1n) is 5.14. The Labute approximate surface area is 100 Å². The van der Waals surface area contributed by atoms with Crippen molar-refractivity contribution < 1.29 is 8.42 Å². The molecular formula is C9H17N3O2S2. The van der Waals surface area contributed by atoms with E-state index >= 15 is 0 Å². The van der Waals surface area contributed by atoms with Crippen LogP contribution in [0.15, 0.2) is 11.6 Å². The summed E-state index contributed by atoms with van der Waals surface area (Å²) >= 11 is 1.54. The van der Waals surface area contributed by atoms with Gasteiger partial charge in [0.25, 0.3) is 0 Å². The van der Waals surface area contributed by atoms with Gasteiger partial charge in [-0.1, -0.05) is 0 Å². The van der Waals surface area contributed by atoms with Gasteiger partial charge in [-0.15, -0.1) is 11.3 Å². The van der Waals surface area contributed by atoms with Gasteiger partial charge >= 0.3 is 0 Å². The molecule has 16 heavy (non-hydrogen) atoms. The molecule has 0 aliphatic carbocycles. The maximum Gasteiger partial charge on any atom is 0.211 e. The molecule has 7 heteroatoms. The Hall–Kier alpha value is -0.500. The van der Waals surface area contributed by atoms with Crippen LogP contribution in [0.3, 0.4) is 0 Å². The maximum atomic E-state index is 11.5. The molecule has 0 saturated carbocycles. The zero-order chi connectivity index (χ0) is 11.9. The van der Waals surface area contributed by atoms with Crippen LogP contribution in [0.5, 0.6) is 0 Å². The Kier molecular flexibility index (Phi) is 5.89. The molecular weight excluding hydrogens is 246 g/mol. The van der Waals surface area contributed by atoms with Gasteiger partial charge < -0.3 is 5.32 Å². The third-order valence-corrected chi connectivity index (χ3v) is 4.29. The van der Waals surface area contributed by atoms with Gasteiger partial charge in [-0.2, -0.15) is 0 Å². The minimum absolute atomic E-state index is 0.172. The van der Waals surface area contributed by atoms with Crippen LogP contribution in [0.1, 0.15) is 11.4 Å². The molecule has 0 bridgehead atoms. The standard InChI is InChI=1S/C9H17N3O2S2/c1-10-4-2-8-16(13,14)12-5-3-9-11-6-7-15-9/h6-7,10,12H,2-5,8H2,1H3. The molecule has 0 saturated heterocycles. The second-order valence-electron chi connectivity index (χ2n) is 3.35. The molecule has 92 valence electrons. The summed E-state index contributed by atoms with van der Waals surface area (Å²) in [5.41, 5.74) is 0. The molecule has 0 atom stereocenters. The van der Waals surface area contributed by atoms with Gasteiger partial charge in [0.1, 0.15) is 0 Å². The molecule has 0 aliphatic rings. The highest BCUT2D eigenvalue weighted by Gasteiger charge is 2.08. The van der Waals surface area contributed by atoms with Crippen LogP contribution in [-0.4, -0.2) is 39.3 Å². The molecule has 1 rings (SSSR count). The van der Waals surface area contributed by atoms with E-state index in [-0.39, 0.29) is 5.75 Å². The van der Waals surface area contributed by atoms with E-state index < -0.39 is 10.0 Å². The highest BCUT2D eigenvalue weighted by Crippen LogP contribution is 2.03. The summed E-state index contributed by atoms with van der Waals surface area (Å²) < 4.78 is 25.5. The lowest BCUT2D eigenvalue weighted by Gasteiger charge is -2.05. The summed E-state index contributed by atoms with van der Waals surface area (Å²) in [5.74, 6) is 0.172. The number of thiazole rings is 1. The van der Waals surface area contributed by atoms with Crippen LogP contribution in [0.2, 0.25) is 0 Å². The Morgan fingerprint density at radius 3 is 2.88 bits per heavy atom. The van der Waals surface area contributed by atoms with Crippen LogP contribution in [-0.2, 0) is 16.4 Å². The summed E-state index contributed by atoms with van der Waals surface area (Å²) in [5, 5.41) is 5.76. The van der Waals surface area contributed by atoms with Crippen LogP contribution in [0, 0.1) is 0 Å². The highest BCUT2D eigenvalue weighted by atomic mass is 32.2. The summed E-state index contributed by atoms with van der Waals surface area (Å²) in [6.45, 7) is 1.14. The number of aromatic nitrogens is 1. The molecule has 0 spiro atoms. The largest absolute Gasteiger partial charge is 0.320 e. The van der Waals surface area contributed by atoms with E-state index in [1.807, 2.05) is 12.4 Å². The lowest BCUT2D eigenvalue weighted by Crippen LogP contribution is -2.29. The fourth-order valence-electron chi connectivity index (χ4n) is 1.20. The zero-order valence-corrected chi connectivity index (χ0v) is 10.9. The van der Waals surface area contributed by atoms with Crippen molar-refractivity contribution in [2.24, 2.45) is 0 Å². The topological polar surface area (TPSA) is 71.1 Å². The second kappa shape index (κ2) is 6.95. The van der Waals surface area contributed by atoms with Crippen molar-refractivity contribution in [1.82, 2.24) is 15.0 Å². The van der Waals surface area contributed by atoms with E-state index in [2.05, 4.69) is 15.0 Å². The average molecular weight is 263 g/mol. The SMILES string of the molecule is CNCCCS(=O)(=O)NCCc1nccs1. The molecule has 0 unspecified atom stereocenters. The maximum absolute atomic E-state index is 11.5. The minimum Gasteiger partial charge on any atom is -0.320 e. The van der Waals surface area contributed by atoms with Crippen molar-refractivity contribution in [3.8, 4) is 0 Å². The Bertz CT molecular complexity index is 375. The lowest BCUT2D eigenvalue weighted by atomic mass is 10.5. The van der Waals surface area contributed by atoms with Crippen molar-refractivity contribution in [3.63, 3.8) is 0 Å². The van der Waals surface area contributed by atoms with E-state index in [1.165, 1.54) is 11.3 Å². The fraction of sp³-hybridized carbons (Fsp3) is 0.667. The van der Waals surface area contributed by atoms with Crippen LogP contribution >= 0.6 is 11.3 Å². The Morgan fingerprint density at radius 2 is 2.25 bits per heavy atom. The summed E-state index contributed by atoms with van der Waals surface area (Å²) in [6.07, 6.45) is 3.01. The van der Waals surface area contributed by atoms with Crippen molar-refractivity contribution in [2.75, 3.05) is 25.9 Å². The Morgan fingerprint density at radius 1 is 1.44 bits per heavy atom. The molecule has 1 aromatic heterocycles. The number of hydrogen-bond acceptors (Lipinski definition) is 5. The van der Waals surface area contributed by atoms with Gasteiger partial charge in [-0.25, -0.2) is 18.1 Å². The van der Waals surface area contributed by atoms with Crippen LogP contribution in [0.25, 0.3) is 0 Å². The highest BCUT2D eigenvalue weighted by molar-refractivity contribution is 7.89. The van der Waals surface area contributed by atoms with Crippen molar-refractivity contribution in [3.05, 3.63) is 16.6 Å². The molecule has 0 radical (unpaired) electrons. The number of sulfonamides is 1. The molecule has 5 nitrogen and oxygen atoms in total. The molecule has 0 aromatic carbocycles. The third kappa shape index (κ3) is 5.55. The fourth-order valence-corrected chi connectivity index (χ4v) is 2.90. The van der Waals surface area contributed by atoms with Crippen molar-refractivity contribution >= 4 is 21.4 Å². The summed E-state index contributed by atoms with van der Waals surface area (Å²) in [4.78, 5) is 4.08. The summed E-state index contributed by atoms with van der Waals surface area (Å²) in [7, 11) is -1.31. The van der Waals surface area contributed by atoms with Crippen LogP contribution < -0.4 is 10.0 Å². The quantitative estimate of drug-likeness (QED) is 0.658. The molecule has 1 heterocycles. The van der Waals surface area contributed by atoms with Crippen LogP contribution in [0.4, 0.5) is 0 Å². The van der Waals surface area contributed by atoms with Gasteiger partial charge in [0.2, 0.25) is 10.0 Å². The normalized spacial score (nSPS) is 11.8. The zero-order valence-electron chi connectivity index (χ0n) is 9.27. The first-order valence-corrected chi connectivity index (χ1v) is 7.67. The van der Waals surface area contributed by atoms with E-state index in [0.717, 1.165) is 5.01 Å². The Balaban J connectivity index is 2.20. The van der Waals surface area contributed by atoms with E-state index in [1.54, 1.807) is 6.20 Å². The van der Waals surface area contributed by atoms with Gasteiger partial charge in [-0.3, -0.25) is 0 Å². The predicted octanol–water partition coefficient (Wildman–Crippen LogP) is 0.215. The van der Waals surface area contributed by atoms with E-state index in [9.17, 15) is 8.42 Å². The van der Waals surface area contributed by atoms with Crippen molar-refractivity contribution in [2.45, 2.75) is 12.8 Å².